The first-order valence-electron chi connectivity index (χ1n) is 11.8. The Labute approximate surface area is 230 Å². The lowest BCUT2D eigenvalue weighted by Crippen LogP contribution is -2.64. The fourth-order valence-electron chi connectivity index (χ4n) is 5.25. The molecule has 0 spiro atoms. The van der Waals surface area contributed by atoms with Gasteiger partial charge in [-0.05, 0) is 46.5 Å². The second-order valence-corrected chi connectivity index (χ2v) is 11.2. The summed E-state index contributed by atoms with van der Waals surface area (Å²) in [5.41, 5.74) is 4.54. The van der Waals surface area contributed by atoms with Gasteiger partial charge in [0.15, 0.2) is 0 Å². The number of amides is 1. The van der Waals surface area contributed by atoms with E-state index in [4.69, 9.17) is 0 Å². The SMILES string of the molecule is Cl.O=C(NCc1ccc(Br)cc1)C1(N2CCN(Cc3ccc(Br)cc3)CC2)Cc2ccccc2C1. The molecule has 1 aliphatic carbocycles. The number of hydrogen-bond donors (Lipinski definition) is 1. The number of piperazine rings is 1. The molecule has 0 saturated carbocycles. The van der Waals surface area contributed by atoms with E-state index < -0.39 is 5.54 Å². The third-order valence-electron chi connectivity index (χ3n) is 7.17. The lowest BCUT2D eigenvalue weighted by atomic mass is 9.90. The smallest absolute Gasteiger partial charge is 0.241 e. The monoisotopic (exact) mass is 617 g/mol. The summed E-state index contributed by atoms with van der Waals surface area (Å²) in [5.74, 6) is 0.146. The highest BCUT2D eigenvalue weighted by Gasteiger charge is 2.48. The predicted molar refractivity (Wildman–Crippen MR) is 151 cm³/mol. The van der Waals surface area contributed by atoms with Crippen LogP contribution >= 0.6 is 44.3 Å². The maximum absolute atomic E-state index is 13.8. The average molecular weight is 620 g/mol. The summed E-state index contributed by atoms with van der Waals surface area (Å²) < 4.78 is 2.16. The quantitative estimate of drug-likeness (QED) is 0.390. The van der Waals surface area contributed by atoms with Gasteiger partial charge in [0.05, 0.1) is 0 Å². The lowest BCUT2D eigenvalue weighted by Gasteiger charge is -2.45. The van der Waals surface area contributed by atoms with E-state index in [2.05, 4.69) is 108 Å². The van der Waals surface area contributed by atoms with Crippen LogP contribution in [0.3, 0.4) is 0 Å². The summed E-state index contributed by atoms with van der Waals surface area (Å²) in [6.07, 6.45) is 1.56. The molecule has 3 aromatic carbocycles. The molecule has 1 amide bonds. The number of nitrogens with one attached hydrogen (secondary N) is 1. The van der Waals surface area contributed by atoms with Gasteiger partial charge in [0.2, 0.25) is 5.91 Å². The molecule has 1 N–H and O–H groups in total. The maximum Gasteiger partial charge on any atom is 0.241 e. The second kappa shape index (κ2) is 11.6. The molecule has 0 unspecified atom stereocenters. The van der Waals surface area contributed by atoms with Gasteiger partial charge in [0.25, 0.3) is 0 Å². The summed E-state index contributed by atoms with van der Waals surface area (Å²) >= 11 is 7.00. The van der Waals surface area contributed by atoms with Crippen LogP contribution in [-0.2, 0) is 30.7 Å². The van der Waals surface area contributed by atoms with Crippen molar-refractivity contribution >= 4 is 50.2 Å². The molecule has 35 heavy (non-hydrogen) atoms. The van der Waals surface area contributed by atoms with Gasteiger partial charge in [-0.3, -0.25) is 14.6 Å². The molecule has 0 aromatic heterocycles. The van der Waals surface area contributed by atoms with Gasteiger partial charge >= 0.3 is 0 Å². The zero-order valence-electron chi connectivity index (χ0n) is 19.6. The summed E-state index contributed by atoms with van der Waals surface area (Å²) in [6, 6.07) is 25.3. The van der Waals surface area contributed by atoms with Crippen LogP contribution in [0.5, 0.6) is 0 Å². The summed E-state index contributed by atoms with van der Waals surface area (Å²) in [5, 5.41) is 3.28. The lowest BCUT2D eigenvalue weighted by molar-refractivity contribution is -0.135. The molecule has 184 valence electrons. The van der Waals surface area contributed by atoms with E-state index >= 15 is 0 Å². The summed E-state index contributed by atoms with van der Waals surface area (Å²) in [4.78, 5) is 18.7. The molecular weight excluding hydrogens is 590 g/mol. The van der Waals surface area contributed by atoms with Crippen LogP contribution < -0.4 is 5.32 Å². The molecule has 0 radical (unpaired) electrons. The minimum Gasteiger partial charge on any atom is -0.350 e. The van der Waals surface area contributed by atoms with Crippen LogP contribution in [0.25, 0.3) is 0 Å². The standard InChI is InChI=1S/C28H29Br2N3O.ClH/c29-25-9-5-21(6-10-25)19-31-27(34)28(17-23-3-1-2-4-24(23)18-28)33-15-13-32(14-16-33)20-22-7-11-26(30)12-8-22;/h1-12H,13-20H2,(H,31,34);1H. The summed E-state index contributed by atoms with van der Waals surface area (Å²) in [6.45, 7) is 5.23. The van der Waals surface area contributed by atoms with Crippen LogP contribution in [-0.4, -0.2) is 47.4 Å². The van der Waals surface area contributed by atoms with E-state index in [1.807, 2.05) is 12.1 Å². The van der Waals surface area contributed by atoms with Gasteiger partial charge in [-0.1, -0.05) is 80.4 Å². The highest BCUT2D eigenvalue weighted by molar-refractivity contribution is 9.10. The Hall–Kier alpha value is -1.70. The highest BCUT2D eigenvalue weighted by atomic mass is 79.9. The highest BCUT2D eigenvalue weighted by Crippen LogP contribution is 2.36. The first-order chi connectivity index (χ1) is 16.5. The van der Waals surface area contributed by atoms with Crippen molar-refractivity contribution in [3.8, 4) is 0 Å². The average Bonchev–Trinajstić information content (AvgIpc) is 3.26. The largest absolute Gasteiger partial charge is 0.350 e. The summed E-state index contributed by atoms with van der Waals surface area (Å²) in [7, 11) is 0. The van der Waals surface area contributed by atoms with Crippen molar-refractivity contribution in [2.75, 3.05) is 26.2 Å². The van der Waals surface area contributed by atoms with E-state index in [1.165, 1.54) is 16.7 Å². The van der Waals surface area contributed by atoms with E-state index in [0.29, 0.717) is 6.54 Å². The van der Waals surface area contributed by atoms with Crippen molar-refractivity contribution in [3.05, 3.63) is 104 Å². The van der Waals surface area contributed by atoms with Gasteiger partial charge in [0.1, 0.15) is 5.54 Å². The molecule has 5 rings (SSSR count). The first kappa shape index (κ1) is 26.4. The Balaban J connectivity index is 0.00000289. The molecule has 1 fully saturated rings. The Kier molecular flexibility index (Phi) is 8.71. The van der Waals surface area contributed by atoms with Crippen molar-refractivity contribution in [1.29, 1.82) is 0 Å². The molecule has 7 heteroatoms. The molecule has 1 heterocycles. The van der Waals surface area contributed by atoms with Gasteiger partial charge in [-0.15, -0.1) is 12.4 Å². The van der Waals surface area contributed by atoms with E-state index in [1.54, 1.807) is 0 Å². The minimum absolute atomic E-state index is 0. The first-order valence-corrected chi connectivity index (χ1v) is 13.4. The van der Waals surface area contributed by atoms with E-state index in [9.17, 15) is 4.79 Å². The number of carbonyl (C=O) groups is 1. The fourth-order valence-corrected chi connectivity index (χ4v) is 5.78. The van der Waals surface area contributed by atoms with Crippen LogP contribution in [0.2, 0.25) is 0 Å². The number of carbonyl (C=O) groups excluding carboxylic acids is 1. The fraction of sp³-hybridized carbons (Fsp3) is 0.321. The van der Waals surface area contributed by atoms with Gasteiger partial charge in [-0.25, -0.2) is 0 Å². The number of halogens is 3. The molecule has 1 aliphatic heterocycles. The van der Waals surface area contributed by atoms with Gasteiger partial charge in [-0.2, -0.15) is 0 Å². The van der Waals surface area contributed by atoms with E-state index in [0.717, 1.165) is 60.1 Å². The Morgan fingerprint density at radius 3 is 1.83 bits per heavy atom. The third kappa shape index (κ3) is 6.00. The zero-order chi connectivity index (χ0) is 23.5. The molecule has 4 nitrogen and oxygen atoms in total. The van der Waals surface area contributed by atoms with Crippen LogP contribution in [0.1, 0.15) is 22.3 Å². The predicted octanol–water partition coefficient (Wildman–Crippen LogP) is 5.61. The Bertz CT molecular complexity index is 1120. The van der Waals surface area contributed by atoms with Gasteiger partial charge < -0.3 is 5.32 Å². The van der Waals surface area contributed by atoms with Crippen molar-refractivity contribution in [3.63, 3.8) is 0 Å². The molecule has 1 saturated heterocycles. The Morgan fingerprint density at radius 1 is 0.771 bits per heavy atom. The van der Waals surface area contributed by atoms with Crippen molar-refractivity contribution in [1.82, 2.24) is 15.1 Å². The molecule has 3 aromatic rings. The van der Waals surface area contributed by atoms with E-state index in [-0.39, 0.29) is 18.3 Å². The molecular formula is C28H30Br2ClN3O. The number of nitrogens with zero attached hydrogens (tertiary/aromatic N) is 2. The third-order valence-corrected chi connectivity index (χ3v) is 8.23. The zero-order valence-corrected chi connectivity index (χ0v) is 23.5. The number of hydrogen-bond acceptors (Lipinski definition) is 3. The van der Waals surface area contributed by atoms with Crippen molar-refractivity contribution < 1.29 is 4.79 Å². The van der Waals surface area contributed by atoms with Crippen LogP contribution in [0.4, 0.5) is 0 Å². The van der Waals surface area contributed by atoms with Crippen molar-refractivity contribution in [2.24, 2.45) is 0 Å². The minimum atomic E-state index is -0.511. The van der Waals surface area contributed by atoms with Crippen molar-refractivity contribution in [2.45, 2.75) is 31.5 Å². The van der Waals surface area contributed by atoms with Crippen LogP contribution in [0.15, 0.2) is 81.7 Å². The Morgan fingerprint density at radius 2 is 1.29 bits per heavy atom. The van der Waals surface area contributed by atoms with Gasteiger partial charge in [0, 0.05) is 61.1 Å². The molecule has 0 bridgehead atoms. The molecule has 2 aliphatic rings. The maximum atomic E-state index is 13.8. The number of rotatable bonds is 6. The normalized spacial score (nSPS) is 17.4. The topological polar surface area (TPSA) is 35.6 Å². The van der Waals surface area contributed by atoms with Crippen LogP contribution in [0, 0.1) is 0 Å². The number of benzene rings is 3. The molecule has 0 atom stereocenters. The second-order valence-electron chi connectivity index (χ2n) is 9.35. The number of fused-ring (bicyclic) bond motifs is 1.